The van der Waals surface area contributed by atoms with Crippen molar-refractivity contribution in [1.29, 1.82) is 0 Å². The van der Waals surface area contributed by atoms with Crippen LogP contribution in [0.25, 0.3) is 0 Å². The Morgan fingerprint density at radius 2 is 1.10 bits per heavy atom. The van der Waals surface area contributed by atoms with Gasteiger partial charge in [0.05, 0.1) is 59.3 Å². The van der Waals surface area contributed by atoms with Gasteiger partial charge < -0.3 is 28.4 Å². The van der Waals surface area contributed by atoms with E-state index in [1.54, 1.807) is 0 Å². The molecule has 0 aromatic carbocycles. The van der Waals surface area contributed by atoms with Crippen LogP contribution in [0.15, 0.2) is 0 Å². The Labute approximate surface area is 181 Å². The maximum atomic E-state index is 11.5. The van der Waals surface area contributed by atoms with E-state index in [9.17, 15) is 9.59 Å². The van der Waals surface area contributed by atoms with Crippen molar-refractivity contribution < 1.29 is 38.0 Å². The van der Waals surface area contributed by atoms with Gasteiger partial charge in [-0.2, -0.15) is 0 Å². The van der Waals surface area contributed by atoms with Gasteiger partial charge in [0, 0.05) is 6.42 Å². The number of esters is 2. The van der Waals surface area contributed by atoms with E-state index in [1.165, 1.54) is 0 Å². The van der Waals surface area contributed by atoms with Gasteiger partial charge in [0.25, 0.3) is 0 Å². The van der Waals surface area contributed by atoms with Crippen molar-refractivity contribution in [3.05, 3.63) is 0 Å². The van der Waals surface area contributed by atoms with Crippen LogP contribution in [0.2, 0.25) is 0 Å². The first-order valence-electron chi connectivity index (χ1n) is 11.0. The molecule has 8 heteroatoms. The van der Waals surface area contributed by atoms with Crippen LogP contribution >= 0.6 is 0 Å². The second-order valence-corrected chi connectivity index (χ2v) is 7.82. The first kappa shape index (κ1) is 28.8. The Morgan fingerprint density at radius 1 is 0.600 bits per heavy atom. The summed E-state index contributed by atoms with van der Waals surface area (Å²) < 4.78 is 31.7. The maximum absolute atomic E-state index is 11.5. The molecule has 0 aliphatic rings. The molecule has 30 heavy (non-hydrogen) atoms. The molecular weight excluding hydrogens is 392 g/mol. The number of carbonyl (C=O) groups is 2. The van der Waals surface area contributed by atoms with Crippen LogP contribution in [0.4, 0.5) is 0 Å². The molecule has 0 unspecified atom stereocenters. The topological polar surface area (TPSA) is 89.5 Å². The molecule has 178 valence electrons. The average Bonchev–Trinajstić information content (AvgIpc) is 2.67. The summed E-state index contributed by atoms with van der Waals surface area (Å²) in [4.78, 5) is 22.9. The third-order valence-electron chi connectivity index (χ3n) is 3.71. The van der Waals surface area contributed by atoms with E-state index in [0.717, 1.165) is 25.7 Å². The third kappa shape index (κ3) is 23.1. The maximum Gasteiger partial charge on any atom is 0.308 e. The molecule has 0 radical (unpaired) electrons. The van der Waals surface area contributed by atoms with Gasteiger partial charge in [0.2, 0.25) is 0 Å². The SMILES string of the molecule is CCCCCCC(=O)OCCOCCOCCOCCOCCC(=O)OC(C)(C)C. The van der Waals surface area contributed by atoms with E-state index in [0.29, 0.717) is 59.3 Å². The van der Waals surface area contributed by atoms with Crippen LogP contribution in [-0.4, -0.2) is 77.0 Å². The highest BCUT2D eigenvalue weighted by atomic mass is 16.6. The second-order valence-electron chi connectivity index (χ2n) is 7.82. The van der Waals surface area contributed by atoms with Crippen molar-refractivity contribution in [2.45, 2.75) is 71.8 Å². The Morgan fingerprint density at radius 3 is 1.60 bits per heavy atom. The zero-order valence-corrected chi connectivity index (χ0v) is 19.4. The lowest BCUT2D eigenvalue weighted by atomic mass is 10.2. The minimum Gasteiger partial charge on any atom is -0.463 e. The first-order chi connectivity index (χ1) is 14.3. The van der Waals surface area contributed by atoms with E-state index in [2.05, 4.69) is 6.92 Å². The number of unbranched alkanes of at least 4 members (excludes halogenated alkanes) is 3. The smallest absolute Gasteiger partial charge is 0.308 e. The number of rotatable bonds is 20. The highest BCUT2D eigenvalue weighted by molar-refractivity contribution is 5.70. The quantitative estimate of drug-likeness (QED) is 0.213. The van der Waals surface area contributed by atoms with Gasteiger partial charge in [-0.25, -0.2) is 0 Å². The van der Waals surface area contributed by atoms with Crippen LogP contribution < -0.4 is 0 Å². The second kappa shape index (κ2) is 19.7. The Bertz CT molecular complexity index is 420. The van der Waals surface area contributed by atoms with Gasteiger partial charge >= 0.3 is 11.9 Å². The average molecular weight is 435 g/mol. The molecule has 8 nitrogen and oxygen atoms in total. The number of carbonyl (C=O) groups excluding carboxylic acids is 2. The minimum absolute atomic E-state index is 0.156. The van der Waals surface area contributed by atoms with E-state index >= 15 is 0 Å². The first-order valence-corrected chi connectivity index (χ1v) is 11.0. The molecule has 0 saturated carbocycles. The monoisotopic (exact) mass is 434 g/mol. The molecule has 0 atom stereocenters. The molecular formula is C22H42O8. The standard InChI is InChI=1S/C22H42O8/c1-5-6-7-8-9-20(23)29-19-18-28-17-16-27-15-14-26-13-12-25-11-10-21(24)30-22(2,3)4/h5-19H2,1-4H3. The molecule has 0 aliphatic carbocycles. The number of hydrogen-bond acceptors (Lipinski definition) is 8. The summed E-state index contributed by atoms with van der Waals surface area (Å²) in [6.45, 7) is 11.3. The number of hydrogen-bond donors (Lipinski definition) is 0. The Balaban J connectivity index is 3.21. The van der Waals surface area contributed by atoms with Gasteiger partial charge in [0.1, 0.15) is 12.2 Å². The fourth-order valence-electron chi connectivity index (χ4n) is 2.29. The van der Waals surface area contributed by atoms with Gasteiger partial charge in [0.15, 0.2) is 0 Å². The van der Waals surface area contributed by atoms with E-state index < -0.39 is 5.60 Å². The normalized spacial score (nSPS) is 11.5. The summed E-state index contributed by atoms with van der Waals surface area (Å²) in [6.07, 6.45) is 5.00. The summed E-state index contributed by atoms with van der Waals surface area (Å²) in [7, 11) is 0. The Hall–Kier alpha value is -1.22. The summed E-state index contributed by atoms with van der Waals surface area (Å²) >= 11 is 0. The van der Waals surface area contributed by atoms with Gasteiger partial charge in [-0.3, -0.25) is 9.59 Å². The molecule has 0 aromatic heterocycles. The molecule has 0 N–H and O–H groups in total. The van der Waals surface area contributed by atoms with Gasteiger partial charge in [-0.15, -0.1) is 0 Å². The van der Waals surface area contributed by atoms with Crippen molar-refractivity contribution in [2.75, 3.05) is 59.5 Å². The van der Waals surface area contributed by atoms with Gasteiger partial charge in [-0.1, -0.05) is 26.2 Å². The van der Waals surface area contributed by atoms with Crippen molar-refractivity contribution in [3.63, 3.8) is 0 Å². The largest absolute Gasteiger partial charge is 0.463 e. The highest BCUT2D eigenvalue weighted by Gasteiger charge is 2.15. The third-order valence-corrected chi connectivity index (χ3v) is 3.71. The van der Waals surface area contributed by atoms with Crippen molar-refractivity contribution >= 4 is 11.9 Å². The molecule has 0 aromatic rings. The summed E-state index contributed by atoms with van der Waals surface area (Å²) in [5.41, 5.74) is -0.467. The number of ether oxygens (including phenoxy) is 6. The highest BCUT2D eigenvalue weighted by Crippen LogP contribution is 2.08. The van der Waals surface area contributed by atoms with Crippen molar-refractivity contribution in [3.8, 4) is 0 Å². The summed E-state index contributed by atoms with van der Waals surface area (Å²) in [6, 6.07) is 0. The fourth-order valence-corrected chi connectivity index (χ4v) is 2.29. The molecule has 0 rings (SSSR count). The zero-order chi connectivity index (χ0) is 22.5. The molecule has 0 heterocycles. The minimum atomic E-state index is -0.467. The van der Waals surface area contributed by atoms with E-state index in [1.807, 2.05) is 20.8 Å². The predicted octanol–water partition coefficient (Wildman–Crippen LogP) is 3.30. The van der Waals surface area contributed by atoms with Crippen LogP contribution in [0.5, 0.6) is 0 Å². The molecule has 0 bridgehead atoms. The van der Waals surface area contributed by atoms with Crippen LogP contribution in [0, 0.1) is 0 Å². The zero-order valence-electron chi connectivity index (χ0n) is 19.4. The molecule has 0 saturated heterocycles. The van der Waals surface area contributed by atoms with Crippen LogP contribution in [-0.2, 0) is 38.0 Å². The lowest BCUT2D eigenvalue weighted by Crippen LogP contribution is -2.24. The fraction of sp³-hybridized carbons (Fsp3) is 0.909. The molecule has 0 aliphatic heterocycles. The molecule has 0 fully saturated rings. The lowest BCUT2D eigenvalue weighted by molar-refractivity contribution is -0.156. The lowest BCUT2D eigenvalue weighted by Gasteiger charge is -2.19. The Kier molecular flexibility index (Phi) is 18.9. The molecule has 0 spiro atoms. The van der Waals surface area contributed by atoms with E-state index in [4.69, 9.17) is 28.4 Å². The van der Waals surface area contributed by atoms with Crippen molar-refractivity contribution in [2.24, 2.45) is 0 Å². The van der Waals surface area contributed by atoms with Crippen molar-refractivity contribution in [1.82, 2.24) is 0 Å². The summed E-state index contributed by atoms with van der Waals surface area (Å²) in [5, 5.41) is 0. The van der Waals surface area contributed by atoms with Crippen LogP contribution in [0.3, 0.4) is 0 Å². The van der Waals surface area contributed by atoms with Crippen LogP contribution in [0.1, 0.15) is 66.2 Å². The molecule has 0 amide bonds. The summed E-state index contributed by atoms with van der Waals surface area (Å²) in [5.74, 6) is -0.420. The van der Waals surface area contributed by atoms with E-state index in [-0.39, 0.29) is 25.0 Å². The predicted molar refractivity (Wildman–Crippen MR) is 113 cm³/mol. The van der Waals surface area contributed by atoms with Gasteiger partial charge in [-0.05, 0) is 27.2 Å².